The Hall–Kier alpha value is -2.31. The summed E-state index contributed by atoms with van der Waals surface area (Å²) in [6.07, 6.45) is 3.07. The molecular weight excluding hydrogens is 274 g/mol. The van der Waals surface area contributed by atoms with Crippen molar-refractivity contribution >= 4 is 12.0 Å². The zero-order valence-electron chi connectivity index (χ0n) is 12.2. The standard InChI is InChI=1S/C14H19N3O4/c1-15-14(19)21-11-7-10(13(20-2)16-9-11)8-12(18)17-5-3-4-6-17/h7,9H,3-6,8H2,1-2H3,(H,15,19). The third kappa shape index (κ3) is 3.84. The number of amides is 2. The summed E-state index contributed by atoms with van der Waals surface area (Å²) in [5, 5.41) is 2.35. The summed E-state index contributed by atoms with van der Waals surface area (Å²) in [5.74, 6) is 0.677. The van der Waals surface area contributed by atoms with Gasteiger partial charge >= 0.3 is 6.09 Å². The van der Waals surface area contributed by atoms with Crippen LogP contribution >= 0.6 is 0 Å². The molecule has 0 atom stereocenters. The maximum atomic E-state index is 12.2. The Morgan fingerprint density at radius 2 is 2.10 bits per heavy atom. The van der Waals surface area contributed by atoms with Gasteiger partial charge < -0.3 is 19.7 Å². The van der Waals surface area contributed by atoms with E-state index in [1.54, 1.807) is 6.07 Å². The molecule has 7 heteroatoms. The van der Waals surface area contributed by atoms with Crippen molar-refractivity contribution in [3.63, 3.8) is 0 Å². The molecular formula is C14H19N3O4. The van der Waals surface area contributed by atoms with Crippen LogP contribution in [0.25, 0.3) is 0 Å². The van der Waals surface area contributed by atoms with Gasteiger partial charge in [0.1, 0.15) is 0 Å². The van der Waals surface area contributed by atoms with Crippen molar-refractivity contribution in [1.29, 1.82) is 0 Å². The average molecular weight is 293 g/mol. The fourth-order valence-electron chi connectivity index (χ4n) is 2.24. The van der Waals surface area contributed by atoms with E-state index >= 15 is 0 Å². The number of aromatic nitrogens is 1. The largest absolute Gasteiger partial charge is 0.481 e. The van der Waals surface area contributed by atoms with Crippen LogP contribution in [0, 0.1) is 0 Å². The normalized spacial score (nSPS) is 13.9. The molecule has 1 aliphatic rings. The lowest BCUT2D eigenvalue weighted by atomic mass is 10.1. The van der Waals surface area contributed by atoms with E-state index < -0.39 is 6.09 Å². The summed E-state index contributed by atoms with van der Waals surface area (Å²) in [6.45, 7) is 1.59. The third-order valence-electron chi connectivity index (χ3n) is 3.31. The van der Waals surface area contributed by atoms with Crippen LogP contribution in [0.5, 0.6) is 11.6 Å². The molecule has 0 saturated carbocycles. The molecule has 7 nitrogen and oxygen atoms in total. The van der Waals surface area contributed by atoms with E-state index in [1.165, 1.54) is 20.4 Å². The van der Waals surface area contributed by atoms with E-state index in [1.807, 2.05) is 4.90 Å². The number of methoxy groups -OCH3 is 1. The molecule has 1 aliphatic heterocycles. The van der Waals surface area contributed by atoms with E-state index in [4.69, 9.17) is 9.47 Å². The Balaban J connectivity index is 2.13. The molecule has 0 radical (unpaired) electrons. The lowest BCUT2D eigenvalue weighted by Crippen LogP contribution is -2.29. The van der Waals surface area contributed by atoms with E-state index in [2.05, 4.69) is 10.3 Å². The predicted octanol–water partition coefficient (Wildman–Crippen LogP) is 0.973. The van der Waals surface area contributed by atoms with E-state index in [0.29, 0.717) is 11.4 Å². The topological polar surface area (TPSA) is 80.8 Å². The molecule has 2 heterocycles. The van der Waals surface area contributed by atoms with E-state index in [9.17, 15) is 9.59 Å². The summed E-state index contributed by atoms with van der Waals surface area (Å²) >= 11 is 0. The van der Waals surface area contributed by atoms with Gasteiger partial charge in [-0.05, 0) is 18.9 Å². The van der Waals surface area contributed by atoms with E-state index in [0.717, 1.165) is 25.9 Å². The van der Waals surface area contributed by atoms with Crippen molar-refractivity contribution < 1.29 is 19.1 Å². The molecule has 0 aliphatic carbocycles. The molecule has 2 amide bonds. The minimum absolute atomic E-state index is 0.0321. The number of nitrogens with one attached hydrogen (secondary N) is 1. The van der Waals surface area contributed by atoms with Crippen LogP contribution in [0.2, 0.25) is 0 Å². The van der Waals surface area contributed by atoms with Gasteiger partial charge in [0, 0.05) is 25.7 Å². The number of hydrogen-bond donors (Lipinski definition) is 1. The van der Waals surface area contributed by atoms with Crippen molar-refractivity contribution in [3.8, 4) is 11.6 Å². The Morgan fingerprint density at radius 1 is 1.38 bits per heavy atom. The highest BCUT2D eigenvalue weighted by Crippen LogP contribution is 2.22. The van der Waals surface area contributed by atoms with Crippen LogP contribution in [-0.2, 0) is 11.2 Å². The first kappa shape index (κ1) is 15.1. The zero-order chi connectivity index (χ0) is 15.2. The van der Waals surface area contributed by atoms with Crippen LogP contribution in [0.1, 0.15) is 18.4 Å². The summed E-state index contributed by atoms with van der Waals surface area (Å²) < 4.78 is 10.2. The van der Waals surface area contributed by atoms with Crippen LogP contribution < -0.4 is 14.8 Å². The number of rotatable bonds is 4. The highest BCUT2D eigenvalue weighted by molar-refractivity contribution is 5.79. The van der Waals surface area contributed by atoms with Crippen LogP contribution in [0.3, 0.4) is 0 Å². The highest BCUT2D eigenvalue weighted by Gasteiger charge is 2.20. The van der Waals surface area contributed by atoms with Crippen molar-refractivity contribution in [2.75, 3.05) is 27.2 Å². The maximum Gasteiger partial charge on any atom is 0.412 e. The van der Waals surface area contributed by atoms with Gasteiger partial charge in [-0.3, -0.25) is 4.79 Å². The molecule has 1 N–H and O–H groups in total. The minimum Gasteiger partial charge on any atom is -0.481 e. The second-order valence-corrected chi connectivity index (χ2v) is 4.74. The number of likely N-dealkylation sites (tertiary alicyclic amines) is 1. The smallest absolute Gasteiger partial charge is 0.412 e. The summed E-state index contributed by atoms with van der Waals surface area (Å²) in [7, 11) is 2.96. The first-order valence-electron chi connectivity index (χ1n) is 6.84. The SMILES string of the molecule is CNC(=O)Oc1cnc(OC)c(CC(=O)N2CCCC2)c1. The number of nitrogens with zero attached hydrogens (tertiary/aromatic N) is 2. The van der Waals surface area contributed by atoms with E-state index in [-0.39, 0.29) is 18.1 Å². The van der Waals surface area contributed by atoms with Crippen molar-refractivity contribution in [2.45, 2.75) is 19.3 Å². The molecule has 1 aromatic rings. The number of ether oxygens (including phenoxy) is 2. The quantitative estimate of drug-likeness (QED) is 0.894. The van der Waals surface area contributed by atoms with Gasteiger partial charge in [0.25, 0.3) is 0 Å². The number of carbonyl (C=O) groups excluding carboxylic acids is 2. The molecule has 1 fully saturated rings. The molecule has 114 valence electrons. The summed E-state index contributed by atoms with van der Waals surface area (Å²) in [5.41, 5.74) is 0.607. The molecule has 1 saturated heterocycles. The summed E-state index contributed by atoms with van der Waals surface area (Å²) in [6, 6.07) is 1.61. The zero-order valence-corrected chi connectivity index (χ0v) is 12.2. The van der Waals surface area contributed by atoms with Gasteiger partial charge in [-0.25, -0.2) is 9.78 Å². The Kier molecular flexibility index (Phi) is 4.97. The molecule has 2 rings (SSSR count). The number of hydrogen-bond acceptors (Lipinski definition) is 5. The Morgan fingerprint density at radius 3 is 2.71 bits per heavy atom. The van der Waals surface area contributed by atoms with Gasteiger partial charge in [0.15, 0.2) is 5.75 Å². The second-order valence-electron chi connectivity index (χ2n) is 4.74. The first-order valence-corrected chi connectivity index (χ1v) is 6.84. The molecule has 21 heavy (non-hydrogen) atoms. The third-order valence-corrected chi connectivity index (χ3v) is 3.31. The minimum atomic E-state index is -0.584. The van der Waals surface area contributed by atoms with Crippen LogP contribution in [0.15, 0.2) is 12.3 Å². The number of pyridine rings is 1. The monoisotopic (exact) mass is 293 g/mol. The van der Waals surface area contributed by atoms with Crippen LogP contribution in [0.4, 0.5) is 4.79 Å². The van der Waals surface area contributed by atoms with Crippen molar-refractivity contribution in [1.82, 2.24) is 15.2 Å². The van der Waals surface area contributed by atoms with Gasteiger partial charge in [-0.15, -0.1) is 0 Å². The first-order chi connectivity index (χ1) is 10.1. The van der Waals surface area contributed by atoms with Gasteiger partial charge in [-0.1, -0.05) is 0 Å². The Bertz CT molecular complexity index is 527. The molecule has 0 bridgehead atoms. The molecule has 0 unspecified atom stereocenters. The fourth-order valence-corrected chi connectivity index (χ4v) is 2.24. The lowest BCUT2D eigenvalue weighted by Gasteiger charge is -2.16. The summed E-state index contributed by atoms with van der Waals surface area (Å²) in [4.78, 5) is 29.3. The van der Waals surface area contributed by atoms with Gasteiger partial charge in [0.2, 0.25) is 11.8 Å². The molecule has 0 spiro atoms. The van der Waals surface area contributed by atoms with Gasteiger partial charge in [-0.2, -0.15) is 0 Å². The second kappa shape index (κ2) is 6.92. The average Bonchev–Trinajstić information content (AvgIpc) is 3.01. The molecule has 0 aromatic carbocycles. The van der Waals surface area contributed by atoms with Crippen molar-refractivity contribution in [3.05, 3.63) is 17.8 Å². The fraction of sp³-hybridized carbons (Fsp3) is 0.500. The Labute approximate surface area is 123 Å². The lowest BCUT2D eigenvalue weighted by molar-refractivity contribution is -0.129. The van der Waals surface area contributed by atoms with Gasteiger partial charge in [0.05, 0.1) is 19.7 Å². The maximum absolute atomic E-state index is 12.2. The molecule has 1 aromatic heterocycles. The van der Waals surface area contributed by atoms with Crippen molar-refractivity contribution in [2.24, 2.45) is 0 Å². The number of carbonyl (C=O) groups is 2. The highest BCUT2D eigenvalue weighted by atomic mass is 16.6. The predicted molar refractivity (Wildman–Crippen MR) is 75.4 cm³/mol. The van der Waals surface area contributed by atoms with Crippen LogP contribution in [-0.4, -0.2) is 49.1 Å².